The molecule has 1 unspecified atom stereocenters. The van der Waals surface area contributed by atoms with Gasteiger partial charge in [-0.15, -0.1) is 0 Å². The molecule has 0 aromatic heterocycles. The third-order valence-corrected chi connectivity index (χ3v) is 3.19. The van der Waals surface area contributed by atoms with Crippen LogP contribution in [-0.2, 0) is 15.9 Å². The molecular weight excluding hydrogens is 254 g/mol. The van der Waals surface area contributed by atoms with Crippen LogP contribution in [0.15, 0.2) is 24.3 Å². The fourth-order valence-electron chi connectivity index (χ4n) is 1.91. The minimum Gasteiger partial charge on any atom is -0.508 e. The van der Waals surface area contributed by atoms with E-state index in [1.54, 1.807) is 19.2 Å². The zero-order valence-electron chi connectivity index (χ0n) is 12.6. The number of rotatable bonds is 11. The van der Waals surface area contributed by atoms with Gasteiger partial charge in [-0.25, -0.2) is 0 Å². The maximum atomic E-state index is 9.22. The molecule has 114 valence electrons. The topological polar surface area (TPSA) is 50.7 Å². The van der Waals surface area contributed by atoms with Crippen LogP contribution >= 0.6 is 0 Å². The zero-order valence-corrected chi connectivity index (χ0v) is 12.6. The molecule has 0 spiro atoms. The number of phenolic OH excluding ortho intramolecular Hbond substituents is 1. The molecule has 0 bridgehead atoms. The Morgan fingerprint density at radius 1 is 1.15 bits per heavy atom. The first-order valence-electron chi connectivity index (χ1n) is 7.30. The highest BCUT2D eigenvalue weighted by Gasteiger charge is 2.02. The van der Waals surface area contributed by atoms with Crippen LogP contribution < -0.4 is 5.32 Å². The molecule has 0 radical (unpaired) electrons. The van der Waals surface area contributed by atoms with Crippen LogP contribution in [0.5, 0.6) is 5.75 Å². The van der Waals surface area contributed by atoms with Crippen molar-refractivity contribution in [3.05, 3.63) is 29.8 Å². The van der Waals surface area contributed by atoms with Crippen LogP contribution in [0.4, 0.5) is 0 Å². The average Bonchev–Trinajstić information content (AvgIpc) is 2.46. The maximum absolute atomic E-state index is 9.22. The molecule has 0 aliphatic rings. The summed E-state index contributed by atoms with van der Waals surface area (Å²) in [6.07, 6.45) is 3.14. The number of aromatic hydroxyl groups is 1. The number of phenols is 1. The first kappa shape index (κ1) is 17.0. The van der Waals surface area contributed by atoms with E-state index < -0.39 is 0 Å². The summed E-state index contributed by atoms with van der Waals surface area (Å²) in [5.41, 5.74) is 1.26. The van der Waals surface area contributed by atoms with Crippen molar-refractivity contribution < 1.29 is 14.6 Å². The molecule has 0 amide bonds. The van der Waals surface area contributed by atoms with Crippen molar-refractivity contribution >= 4 is 0 Å². The van der Waals surface area contributed by atoms with Crippen LogP contribution in [-0.4, -0.2) is 44.6 Å². The van der Waals surface area contributed by atoms with Crippen molar-refractivity contribution in [1.29, 1.82) is 0 Å². The highest BCUT2D eigenvalue weighted by molar-refractivity contribution is 5.25. The van der Waals surface area contributed by atoms with Gasteiger partial charge in [0.2, 0.25) is 0 Å². The number of ether oxygens (including phenoxy) is 2. The lowest BCUT2D eigenvalue weighted by Gasteiger charge is -2.13. The summed E-state index contributed by atoms with van der Waals surface area (Å²) < 4.78 is 10.3. The van der Waals surface area contributed by atoms with Crippen molar-refractivity contribution in [3.63, 3.8) is 0 Å². The van der Waals surface area contributed by atoms with E-state index in [9.17, 15) is 5.11 Å². The molecule has 4 nitrogen and oxygen atoms in total. The Bertz CT molecular complexity index is 340. The van der Waals surface area contributed by atoms with Crippen molar-refractivity contribution in [2.45, 2.75) is 32.2 Å². The van der Waals surface area contributed by atoms with E-state index in [4.69, 9.17) is 9.47 Å². The van der Waals surface area contributed by atoms with Crippen molar-refractivity contribution in [2.24, 2.45) is 0 Å². The Labute approximate surface area is 122 Å². The molecule has 20 heavy (non-hydrogen) atoms. The zero-order chi connectivity index (χ0) is 14.6. The van der Waals surface area contributed by atoms with Gasteiger partial charge in [-0.05, 0) is 50.4 Å². The second-order valence-electron chi connectivity index (χ2n) is 5.02. The summed E-state index contributed by atoms with van der Waals surface area (Å²) in [4.78, 5) is 0. The summed E-state index contributed by atoms with van der Waals surface area (Å²) in [6, 6.07) is 7.93. The summed E-state index contributed by atoms with van der Waals surface area (Å²) in [7, 11) is 1.68. The number of hydrogen-bond acceptors (Lipinski definition) is 4. The quantitative estimate of drug-likeness (QED) is 0.611. The number of aryl methyl sites for hydroxylation is 1. The maximum Gasteiger partial charge on any atom is 0.115 e. The first-order valence-corrected chi connectivity index (χ1v) is 7.30. The van der Waals surface area contributed by atoms with Crippen molar-refractivity contribution in [1.82, 2.24) is 5.32 Å². The van der Waals surface area contributed by atoms with E-state index in [0.717, 1.165) is 32.4 Å². The second-order valence-corrected chi connectivity index (χ2v) is 5.02. The summed E-state index contributed by atoms with van der Waals surface area (Å²) in [5, 5.41) is 12.7. The standard InChI is InChI=1S/C16H27NO3/c1-14(17-10-3-11-20-13-12-19-2)4-5-15-6-8-16(18)9-7-15/h6-9,14,17-18H,3-5,10-13H2,1-2H3. The van der Waals surface area contributed by atoms with E-state index in [1.165, 1.54) is 5.56 Å². The summed E-state index contributed by atoms with van der Waals surface area (Å²) >= 11 is 0. The molecule has 0 heterocycles. The van der Waals surface area contributed by atoms with Crippen LogP contribution in [0.3, 0.4) is 0 Å². The molecule has 1 aromatic rings. The van der Waals surface area contributed by atoms with Gasteiger partial charge in [0, 0.05) is 19.8 Å². The summed E-state index contributed by atoms with van der Waals surface area (Å²) in [5.74, 6) is 0.327. The average molecular weight is 281 g/mol. The lowest BCUT2D eigenvalue weighted by molar-refractivity contribution is 0.0693. The third-order valence-electron chi connectivity index (χ3n) is 3.19. The minimum atomic E-state index is 0.327. The lowest BCUT2D eigenvalue weighted by Crippen LogP contribution is -2.28. The molecule has 0 saturated carbocycles. The fourth-order valence-corrected chi connectivity index (χ4v) is 1.91. The predicted octanol–water partition coefficient (Wildman–Crippen LogP) is 2.36. The van der Waals surface area contributed by atoms with Gasteiger partial charge in [-0.2, -0.15) is 0 Å². The van der Waals surface area contributed by atoms with Gasteiger partial charge >= 0.3 is 0 Å². The minimum absolute atomic E-state index is 0.327. The largest absolute Gasteiger partial charge is 0.508 e. The molecule has 2 N–H and O–H groups in total. The van der Waals surface area contributed by atoms with Gasteiger partial charge in [-0.3, -0.25) is 0 Å². The van der Waals surface area contributed by atoms with Gasteiger partial charge in [0.1, 0.15) is 5.75 Å². The molecule has 1 aromatic carbocycles. The van der Waals surface area contributed by atoms with E-state index in [0.29, 0.717) is 25.0 Å². The van der Waals surface area contributed by atoms with Gasteiger partial charge in [0.15, 0.2) is 0 Å². The number of methoxy groups -OCH3 is 1. The van der Waals surface area contributed by atoms with Crippen LogP contribution in [0.1, 0.15) is 25.3 Å². The Hall–Kier alpha value is -1.10. The molecule has 0 aliphatic heterocycles. The Morgan fingerprint density at radius 3 is 2.60 bits per heavy atom. The molecule has 0 saturated heterocycles. The molecular formula is C16H27NO3. The van der Waals surface area contributed by atoms with Crippen LogP contribution in [0.2, 0.25) is 0 Å². The molecule has 1 atom stereocenters. The molecule has 0 aliphatic carbocycles. The normalized spacial score (nSPS) is 12.5. The third kappa shape index (κ3) is 8.15. The SMILES string of the molecule is COCCOCCCNC(C)CCc1ccc(O)cc1. The Balaban J connectivity index is 2.00. The Kier molecular flexibility index (Phi) is 9.04. The first-order chi connectivity index (χ1) is 9.72. The number of nitrogens with one attached hydrogen (secondary N) is 1. The van der Waals surface area contributed by atoms with E-state index >= 15 is 0 Å². The van der Waals surface area contributed by atoms with E-state index in [2.05, 4.69) is 12.2 Å². The van der Waals surface area contributed by atoms with E-state index in [1.807, 2.05) is 12.1 Å². The van der Waals surface area contributed by atoms with Crippen LogP contribution in [0, 0.1) is 0 Å². The Morgan fingerprint density at radius 2 is 1.90 bits per heavy atom. The highest BCUT2D eigenvalue weighted by Crippen LogP contribution is 2.11. The molecule has 0 fully saturated rings. The summed E-state index contributed by atoms with van der Waals surface area (Å²) in [6.45, 7) is 5.29. The van der Waals surface area contributed by atoms with Gasteiger partial charge in [0.05, 0.1) is 13.2 Å². The van der Waals surface area contributed by atoms with Gasteiger partial charge < -0.3 is 19.9 Å². The van der Waals surface area contributed by atoms with Crippen LogP contribution in [0.25, 0.3) is 0 Å². The second kappa shape index (κ2) is 10.7. The van der Waals surface area contributed by atoms with Gasteiger partial charge in [-0.1, -0.05) is 12.1 Å². The lowest BCUT2D eigenvalue weighted by atomic mass is 10.1. The predicted molar refractivity (Wildman–Crippen MR) is 81.2 cm³/mol. The monoisotopic (exact) mass is 281 g/mol. The molecule has 4 heteroatoms. The number of hydrogen-bond donors (Lipinski definition) is 2. The van der Waals surface area contributed by atoms with Crippen molar-refractivity contribution in [3.8, 4) is 5.75 Å². The fraction of sp³-hybridized carbons (Fsp3) is 0.625. The van der Waals surface area contributed by atoms with Gasteiger partial charge in [0.25, 0.3) is 0 Å². The van der Waals surface area contributed by atoms with E-state index in [-0.39, 0.29) is 0 Å². The smallest absolute Gasteiger partial charge is 0.115 e. The molecule has 1 rings (SSSR count). The highest BCUT2D eigenvalue weighted by atomic mass is 16.5. The van der Waals surface area contributed by atoms with Crippen molar-refractivity contribution in [2.75, 3.05) is 33.5 Å². The number of benzene rings is 1.